The molecule has 13 heteroatoms. The summed E-state index contributed by atoms with van der Waals surface area (Å²) in [5.74, 6) is -3.02. The highest BCUT2D eigenvalue weighted by molar-refractivity contribution is 7.89. The number of carbonyl (C=O) groups is 4. The minimum atomic E-state index is -3.67. The van der Waals surface area contributed by atoms with Crippen molar-refractivity contribution in [2.75, 3.05) is 19.6 Å². The van der Waals surface area contributed by atoms with Crippen LogP contribution in [0.3, 0.4) is 0 Å². The van der Waals surface area contributed by atoms with Gasteiger partial charge in [0.25, 0.3) is 11.8 Å². The number of likely N-dealkylation sites (tertiary alicyclic amines) is 1. The lowest BCUT2D eigenvalue weighted by molar-refractivity contribution is -0.134. The van der Waals surface area contributed by atoms with Crippen LogP contribution in [0, 0.1) is 0 Å². The van der Waals surface area contributed by atoms with Gasteiger partial charge in [0.2, 0.25) is 10.0 Å². The lowest BCUT2D eigenvalue weighted by Crippen LogP contribution is -2.51. The van der Waals surface area contributed by atoms with Crippen molar-refractivity contribution < 1.29 is 37.8 Å². The van der Waals surface area contributed by atoms with Gasteiger partial charge in [-0.2, -0.15) is 4.31 Å². The van der Waals surface area contributed by atoms with Crippen LogP contribution >= 0.6 is 11.6 Å². The van der Waals surface area contributed by atoms with Gasteiger partial charge < -0.3 is 10.2 Å². The normalized spacial score (nSPS) is 20.2. The van der Waals surface area contributed by atoms with Crippen molar-refractivity contribution in [3.05, 3.63) is 112 Å². The molecule has 2 atom stereocenters. The van der Waals surface area contributed by atoms with E-state index in [2.05, 4.69) is 4.90 Å². The molecule has 1 saturated heterocycles. The number of imide groups is 1. The summed E-state index contributed by atoms with van der Waals surface area (Å²) in [5, 5.41) is 16.2. The van der Waals surface area contributed by atoms with E-state index >= 15 is 0 Å². The molecule has 6 rings (SSSR count). The standard InChI is InChI=1S/C29H28ClN3O4S.C4H4O4/c1-19(18-32-28(34)23-6-2-3-7-24(23)29(32)35)31-16-14-22(15-17-31)33-27(20-10-12-21(30)13-11-20)25-8-4-5-9-26(25)38(33,36)37;5-3(6)1-2-4(7)8/h2-13,19,22,27H,14-18H2,1H3;1-2H,(H,5,6)(H,7,8). The number of hydrogen-bond acceptors (Lipinski definition) is 7. The van der Waals surface area contributed by atoms with E-state index in [1.54, 1.807) is 52.8 Å². The van der Waals surface area contributed by atoms with Gasteiger partial charge in [0, 0.05) is 48.9 Å². The lowest BCUT2D eigenvalue weighted by Gasteiger charge is -2.41. The van der Waals surface area contributed by atoms with Crippen LogP contribution in [0.4, 0.5) is 0 Å². The van der Waals surface area contributed by atoms with E-state index in [4.69, 9.17) is 21.8 Å². The molecule has 0 aliphatic carbocycles. The molecular formula is C33H32ClN3O8S. The minimum absolute atomic E-state index is 0.0439. The zero-order valence-electron chi connectivity index (χ0n) is 24.8. The number of amides is 2. The second-order valence-corrected chi connectivity index (χ2v) is 13.5. The third-order valence-electron chi connectivity index (χ3n) is 8.39. The Morgan fingerprint density at radius 1 is 0.870 bits per heavy atom. The summed E-state index contributed by atoms with van der Waals surface area (Å²) in [7, 11) is -3.67. The van der Waals surface area contributed by atoms with Crippen LogP contribution in [-0.4, -0.2) is 88.2 Å². The fraction of sp³-hybridized carbons (Fsp3) is 0.273. The highest BCUT2D eigenvalue weighted by Crippen LogP contribution is 2.46. The maximum Gasteiger partial charge on any atom is 0.328 e. The summed E-state index contributed by atoms with van der Waals surface area (Å²) in [5.41, 5.74) is 2.59. The number of piperidine rings is 1. The number of aliphatic carboxylic acids is 2. The number of nitrogens with zero attached hydrogens (tertiary/aromatic N) is 3. The van der Waals surface area contributed by atoms with Gasteiger partial charge in [-0.1, -0.05) is 54.1 Å². The summed E-state index contributed by atoms with van der Waals surface area (Å²) in [6, 6.07) is 20.9. The van der Waals surface area contributed by atoms with Crippen LogP contribution in [-0.2, 0) is 19.6 Å². The molecule has 240 valence electrons. The van der Waals surface area contributed by atoms with Gasteiger partial charge in [-0.3, -0.25) is 19.4 Å². The molecule has 2 N–H and O–H groups in total. The molecule has 1 fully saturated rings. The van der Waals surface area contributed by atoms with E-state index in [0.717, 1.165) is 11.1 Å². The minimum Gasteiger partial charge on any atom is -0.478 e. The largest absolute Gasteiger partial charge is 0.478 e. The van der Waals surface area contributed by atoms with Gasteiger partial charge in [-0.05, 0) is 61.2 Å². The van der Waals surface area contributed by atoms with E-state index in [-0.39, 0.29) is 23.9 Å². The average Bonchev–Trinajstić information content (AvgIpc) is 3.43. The van der Waals surface area contributed by atoms with Crippen molar-refractivity contribution in [1.82, 2.24) is 14.1 Å². The highest BCUT2D eigenvalue weighted by Gasteiger charge is 2.47. The van der Waals surface area contributed by atoms with Crippen molar-refractivity contribution in [1.29, 1.82) is 0 Å². The first-order valence-electron chi connectivity index (χ1n) is 14.6. The summed E-state index contributed by atoms with van der Waals surface area (Å²) in [4.78, 5) is 48.7. The molecule has 3 aromatic rings. The van der Waals surface area contributed by atoms with Crippen LogP contribution in [0.1, 0.15) is 57.7 Å². The van der Waals surface area contributed by atoms with E-state index in [9.17, 15) is 27.6 Å². The van der Waals surface area contributed by atoms with Crippen molar-refractivity contribution in [3.8, 4) is 0 Å². The lowest BCUT2D eigenvalue weighted by atomic mass is 9.95. The Labute approximate surface area is 271 Å². The SMILES string of the molecule is CC(CN1C(=O)c2ccccc2C1=O)N1CCC(N2C(c3ccc(Cl)cc3)c3ccccc3S2(=O)=O)CC1.O=C(O)C=CC(=O)O. The van der Waals surface area contributed by atoms with E-state index in [1.807, 2.05) is 31.2 Å². The Morgan fingerprint density at radius 3 is 1.93 bits per heavy atom. The third-order valence-corrected chi connectivity index (χ3v) is 10.6. The van der Waals surface area contributed by atoms with Gasteiger partial charge in [0.15, 0.2) is 0 Å². The Morgan fingerprint density at radius 2 is 1.39 bits per heavy atom. The third kappa shape index (κ3) is 6.61. The Hall–Kier alpha value is -4.36. The fourth-order valence-electron chi connectivity index (χ4n) is 6.22. The first-order chi connectivity index (χ1) is 21.9. The average molecular weight is 666 g/mol. The van der Waals surface area contributed by atoms with Crippen molar-refractivity contribution in [3.63, 3.8) is 0 Å². The smallest absolute Gasteiger partial charge is 0.328 e. The molecule has 2 unspecified atom stereocenters. The number of hydrogen-bond donors (Lipinski definition) is 2. The monoisotopic (exact) mass is 665 g/mol. The number of rotatable bonds is 7. The molecule has 3 aliphatic heterocycles. The number of fused-ring (bicyclic) bond motifs is 2. The summed E-state index contributed by atoms with van der Waals surface area (Å²) >= 11 is 6.13. The first kappa shape index (κ1) is 33.0. The predicted molar refractivity (Wildman–Crippen MR) is 169 cm³/mol. The molecule has 0 radical (unpaired) electrons. The molecule has 2 amide bonds. The predicted octanol–water partition coefficient (Wildman–Crippen LogP) is 4.29. The molecule has 0 spiro atoms. The Balaban J connectivity index is 0.000000463. The fourth-order valence-corrected chi connectivity index (χ4v) is 8.42. The quantitative estimate of drug-likeness (QED) is 0.278. The number of carboxylic acid groups (broad SMARTS) is 2. The number of benzene rings is 3. The maximum atomic E-state index is 13.8. The second-order valence-electron chi connectivity index (χ2n) is 11.2. The molecule has 3 heterocycles. The van der Waals surface area contributed by atoms with Crippen LogP contribution < -0.4 is 0 Å². The summed E-state index contributed by atoms with van der Waals surface area (Å²) in [6.07, 6.45) is 2.43. The first-order valence-corrected chi connectivity index (χ1v) is 16.4. The van der Waals surface area contributed by atoms with Crippen molar-refractivity contribution in [2.45, 2.75) is 42.8 Å². The van der Waals surface area contributed by atoms with Gasteiger partial charge in [0.1, 0.15) is 0 Å². The molecule has 3 aromatic carbocycles. The number of sulfonamides is 1. The van der Waals surface area contributed by atoms with Gasteiger partial charge in [-0.15, -0.1) is 0 Å². The molecule has 0 bridgehead atoms. The molecule has 46 heavy (non-hydrogen) atoms. The van der Waals surface area contributed by atoms with Gasteiger partial charge in [0.05, 0.1) is 22.1 Å². The van der Waals surface area contributed by atoms with Crippen molar-refractivity contribution in [2.24, 2.45) is 0 Å². The molecule has 0 aromatic heterocycles. The Kier molecular flexibility index (Phi) is 9.73. The topological polar surface area (TPSA) is 153 Å². The molecule has 3 aliphatic rings. The molecular weight excluding hydrogens is 634 g/mol. The Bertz CT molecular complexity index is 1750. The summed E-state index contributed by atoms with van der Waals surface area (Å²) < 4.78 is 29.2. The van der Waals surface area contributed by atoms with E-state index in [0.29, 0.717) is 65.7 Å². The van der Waals surface area contributed by atoms with Crippen LogP contribution in [0.2, 0.25) is 5.02 Å². The van der Waals surface area contributed by atoms with Crippen molar-refractivity contribution >= 4 is 45.4 Å². The molecule has 11 nitrogen and oxygen atoms in total. The maximum absolute atomic E-state index is 13.8. The van der Waals surface area contributed by atoms with E-state index in [1.165, 1.54) is 4.90 Å². The van der Waals surface area contributed by atoms with Crippen LogP contribution in [0.15, 0.2) is 89.8 Å². The van der Waals surface area contributed by atoms with E-state index < -0.39 is 28.0 Å². The zero-order valence-corrected chi connectivity index (χ0v) is 26.4. The van der Waals surface area contributed by atoms with Crippen LogP contribution in [0.25, 0.3) is 0 Å². The second kappa shape index (κ2) is 13.6. The number of halogens is 1. The zero-order chi connectivity index (χ0) is 33.2. The van der Waals surface area contributed by atoms with Crippen LogP contribution in [0.5, 0.6) is 0 Å². The van der Waals surface area contributed by atoms with Gasteiger partial charge >= 0.3 is 11.9 Å². The summed E-state index contributed by atoms with van der Waals surface area (Å²) in [6.45, 7) is 3.66. The number of carboxylic acids is 2. The van der Waals surface area contributed by atoms with Gasteiger partial charge in [-0.25, -0.2) is 18.0 Å². The number of carbonyl (C=O) groups excluding carboxylic acids is 2. The highest BCUT2D eigenvalue weighted by atomic mass is 35.5. The molecule has 0 saturated carbocycles.